The average Bonchev–Trinajstić information content (AvgIpc) is 3.30. The largest absolute Gasteiger partial charge is 0.361 e. The van der Waals surface area contributed by atoms with E-state index in [0.29, 0.717) is 12.2 Å². The first-order chi connectivity index (χ1) is 12.7. The zero-order valence-electron chi connectivity index (χ0n) is 14.6. The van der Waals surface area contributed by atoms with Gasteiger partial charge in [-0.05, 0) is 49.7 Å². The summed E-state index contributed by atoms with van der Waals surface area (Å²) in [6, 6.07) is 5.96. The Bertz CT molecular complexity index is 882. The highest BCUT2D eigenvalue weighted by atomic mass is 35.5. The predicted octanol–water partition coefficient (Wildman–Crippen LogP) is 4.69. The molecule has 1 aliphatic rings. The van der Waals surface area contributed by atoms with Gasteiger partial charge in [0.25, 0.3) is 0 Å². The van der Waals surface area contributed by atoms with Crippen LogP contribution in [0.4, 0.5) is 0 Å². The number of thiazole rings is 1. The van der Waals surface area contributed by atoms with Gasteiger partial charge in [-0.1, -0.05) is 11.6 Å². The minimum Gasteiger partial charge on any atom is -0.361 e. The van der Waals surface area contributed by atoms with Crippen LogP contribution in [-0.4, -0.2) is 33.7 Å². The van der Waals surface area contributed by atoms with Crippen LogP contribution < -0.4 is 0 Å². The molecule has 4 nitrogen and oxygen atoms in total. The zero-order valence-corrected chi connectivity index (χ0v) is 16.2. The molecule has 0 atom stereocenters. The van der Waals surface area contributed by atoms with Crippen molar-refractivity contribution in [3.63, 3.8) is 0 Å². The van der Waals surface area contributed by atoms with E-state index >= 15 is 0 Å². The summed E-state index contributed by atoms with van der Waals surface area (Å²) >= 11 is 7.77. The number of carbonyl (C=O) groups excluding carboxylic acids is 1. The SMILES string of the molecule is O=C(CCc1nccs1)C1CCN(Cc2c[nH]c3ccc(Cl)cc23)CC1. The Balaban J connectivity index is 1.30. The Morgan fingerprint density at radius 1 is 1.35 bits per heavy atom. The van der Waals surface area contributed by atoms with Gasteiger partial charge in [0.05, 0.1) is 5.01 Å². The number of hydrogen-bond acceptors (Lipinski definition) is 4. The van der Waals surface area contributed by atoms with Gasteiger partial charge in [-0.25, -0.2) is 4.98 Å². The summed E-state index contributed by atoms with van der Waals surface area (Å²) in [5.74, 6) is 0.613. The number of aryl methyl sites for hydroxylation is 1. The molecule has 0 unspecified atom stereocenters. The van der Waals surface area contributed by atoms with Gasteiger partial charge in [-0.3, -0.25) is 9.69 Å². The van der Waals surface area contributed by atoms with E-state index in [4.69, 9.17) is 11.6 Å². The number of carbonyl (C=O) groups is 1. The van der Waals surface area contributed by atoms with E-state index in [-0.39, 0.29) is 5.92 Å². The number of aromatic nitrogens is 2. The maximum absolute atomic E-state index is 12.5. The van der Waals surface area contributed by atoms with Crippen molar-refractivity contribution in [2.24, 2.45) is 5.92 Å². The van der Waals surface area contributed by atoms with Crippen LogP contribution in [0.25, 0.3) is 10.9 Å². The number of piperidine rings is 1. The van der Waals surface area contributed by atoms with Crippen LogP contribution in [0.15, 0.2) is 36.0 Å². The van der Waals surface area contributed by atoms with E-state index in [2.05, 4.69) is 21.1 Å². The summed E-state index contributed by atoms with van der Waals surface area (Å²) in [6.45, 7) is 2.85. The van der Waals surface area contributed by atoms with Crippen molar-refractivity contribution in [1.82, 2.24) is 14.9 Å². The number of rotatable bonds is 6. The number of nitrogens with zero attached hydrogens (tertiary/aromatic N) is 2. The molecule has 1 saturated heterocycles. The molecule has 136 valence electrons. The summed E-state index contributed by atoms with van der Waals surface area (Å²) in [7, 11) is 0. The number of aromatic amines is 1. The van der Waals surface area contributed by atoms with Crippen molar-refractivity contribution in [2.45, 2.75) is 32.2 Å². The minimum atomic E-state index is 0.212. The number of nitrogens with one attached hydrogen (secondary N) is 1. The highest BCUT2D eigenvalue weighted by Crippen LogP contribution is 2.26. The van der Waals surface area contributed by atoms with E-state index in [1.165, 1.54) is 10.9 Å². The van der Waals surface area contributed by atoms with Crippen LogP contribution in [0, 0.1) is 5.92 Å². The van der Waals surface area contributed by atoms with Crippen molar-refractivity contribution in [3.8, 4) is 0 Å². The molecule has 6 heteroatoms. The van der Waals surface area contributed by atoms with Crippen LogP contribution in [0.2, 0.25) is 5.02 Å². The van der Waals surface area contributed by atoms with Gasteiger partial charge >= 0.3 is 0 Å². The number of H-pyrrole nitrogens is 1. The van der Waals surface area contributed by atoms with E-state index in [0.717, 1.165) is 54.4 Å². The summed E-state index contributed by atoms with van der Waals surface area (Å²) in [5, 5.41) is 4.99. The molecule has 0 saturated carbocycles. The first kappa shape index (κ1) is 17.7. The molecule has 0 amide bonds. The highest BCUT2D eigenvalue weighted by molar-refractivity contribution is 7.09. The lowest BCUT2D eigenvalue weighted by atomic mass is 9.90. The molecule has 1 aromatic carbocycles. The third-order valence-electron chi connectivity index (χ3n) is 5.24. The van der Waals surface area contributed by atoms with Gasteiger partial charge in [0, 0.05) is 59.0 Å². The zero-order chi connectivity index (χ0) is 17.9. The molecule has 1 N–H and O–H groups in total. The monoisotopic (exact) mass is 387 g/mol. The molecule has 0 aliphatic carbocycles. The van der Waals surface area contributed by atoms with Crippen molar-refractivity contribution < 1.29 is 4.79 Å². The molecule has 2 aromatic heterocycles. The van der Waals surface area contributed by atoms with Gasteiger partial charge in [0.15, 0.2) is 0 Å². The number of Topliss-reactive ketones (excluding diaryl/α,β-unsaturated/α-hetero) is 1. The molecule has 4 rings (SSSR count). The molecule has 1 aliphatic heterocycles. The average molecular weight is 388 g/mol. The normalized spacial score (nSPS) is 16.3. The Kier molecular flexibility index (Phi) is 5.38. The third-order valence-corrected chi connectivity index (χ3v) is 6.31. The van der Waals surface area contributed by atoms with Gasteiger partial charge in [0.1, 0.15) is 5.78 Å². The van der Waals surface area contributed by atoms with Crippen LogP contribution >= 0.6 is 22.9 Å². The van der Waals surface area contributed by atoms with E-state index < -0.39 is 0 Å². The minimum absolute atomic E-state index is 0.212. The Morgan fingerprint density at radius 3 is 2.96 bits per heavy atom. The predicted molar refractivity (Wildman–Crippen MR) is 107 cm³/mol. The van der Waals surface area contributed by atoms with E-state index in [9.17, 15) is 4.79 Å². The molecule has 3 aromatic rings. The topological polar surface area (TPSA) is 49.0 Å². The lowest BCUT2D eigenvalue weighted by Gasteiger charge is -2.31. The number of benzene rings is 1. The summed E-state index contributed by atoms with van der Waals surface area (Å²) < 4.78 is 0. The maximum Gasteiger partial charge on any atom is 0.136 e. The molecular weight excluding hydrogens is 366 g/mol. The quantitative estimate of drug-likeness (QED) is 0.667. The fourth-order valence-corrected chi connectivity index (χ4v) is 4.54. The number of likely N-dealkylation sites (tertiary alicyclic amines) is 1. The molecule has 1 fully saturated rings. The second-order valence-corrected chi connectivity index (χ2v) is 8.36. The van der Waals surface area contributed by atoms with Gasteiger partial charge in [-0.15, -0.1) is 11.3 Å². The second-order valence-electron chi connectivity index (χ2n) is 6.95. The fourth-order valence-electron chi connectivity index (χ4n) is 3.75. The van der Waals surface area contributed by atoms with Crippen molar-refractivity contribution in [2.75, 3.05) is 13.1 Å². The summed E-state index contributed by atoms with van der Waals surface area (Å²) in [6.07, 6.45) is 7.21. The van der Waals surface area contributed by atoms with Gasteiger partial charge in [0.2, 0.25) is 0 Å². The highest BCUT2D eigenvalue weighted by Gasteiger charge is 2.25. The van der Waals surface area contributed by atoms with Gasteiger partial charge < -0.3 is 4.98 Å². The van der Waals surface area contributed by atoms with E-state index in [1.54, 1.807) is 17.5 Å². The lowest BCUT2D eigenvalue weighted by molar-refractivity contribution is -0.124. The number of ketones is 1. The Morgan fingerprint density at radius 2 is 2.19 bits per heavy atom. The first-order valence-corrected chi connectivity index (χ1v) is 10.3. The second kappa shape index (κ2) is 7.91. The van der Waals surface area contributed by atoms with Gasteiger partial charge in [-0.2, -0.15) is 0 Å². The Labute approximate surface area is 162 Å². The number of hydrogen-bond donors (Lipinski definition) is 1. The van der Waals surface area contributed by atoms with Crippen molar-refractivity contribution >= 4 is 39.6 Å². The summed E-state index contributed by atoms with van der Waals surface area (Å²) in [4.78, 5) is 22.5. The lowest BCUT2D eigenvalue weighted by Crippen LogP contribution is -2.36. The van der Waals surface area contributed by atoms with Crippen LogP contribution in [0.5, 0.6) is 0 Å². The molecule has 0 radical (unpaired) electrons. The number of fused-ring (bicyclic) bond motifs is 1. The Hall–Kier alpha value is -1.69. The molecule has 26 heavy (non-hydrogen) atoms. The maximum atomic E-state index is 12.5. The number of halogens is 1. The standard InChI is InChI=1S/C20H22ClN3OS/c21-16-1-2-18-17(11-16)15(12-23-18)13-24-8-5-14(6-9-24)19(25)3-4-20-22-7-10-26-20/h1-2,7,10-12,14,23H,3-6,8-9,13H2. The molecule has 3 heterocycles. The van der Waals surface area contributed by atoms with Crippen LogP contribution in [0.1, 0.15) is 29.8 Å². The fraction of sp³-hybridized carbons (Fsp3) is 0.400. The van der Waals surface area contributed by atoms with Crippen LogP contribution in [0.3, 0.4) is 0 Å². The van der Waals surface area contributed by atoms with Crippen molar-refractivity contribution in [1.29, 1.82) is 0 Å². The first-order valence-electron chi connectivity index (χ1n) is 9.08. The van der Waals surface area contributed by atoms with Crippen LogP contribution in [-0.2, 0) is 17.8 Å². The smallest absolute Gasteiger partial charge is 0.136 e. The molecule has 0 bridgehead atoms. The molecular formula is C20H22ClN3OS. The third kappa shape index (κ3) is 4.00. The molecule has 0 spiro atoms. The summed E-state index contributed by atoms with van der Waals surface area (Å²) in [5.41, 5.74) is 2.40. The van der Waals surface area contributed by atoms with Crippen molar-refractivity contribution in [3.05, 3.63) is 51.6 Å². The van der Waals surface area contributed by atoms with E-state index in [1.807, 2.05) is 23.6 Å².